The first-order chi connectivity index (χ1) is 17.3. The fraction of sp³-hybridized carbons (Fsp3) is 0.448. The molecule has 2 aliphatic rings. The van der Waals surface area contributed by atoms with E-state index in [2.05, 4.69) is 31.8 Å². The van der Waals surface area contributed by atoms with Gasteiger partial charge >= 0.3 is 0 Å². The van der Waals surface area contributed by atoms with E-state index in [1.54, 1.807) is 16.9 Å². The Morgan fingerprint density at radius 1 is 1.14 bits per heavy atom. The fourth-order valence-electron chi connectivity index (χ4n) is 5.80. The number of ether oxygens (including phenoxy) is 2. The number of methoxy groups -OCH3 is 1. The fourth-order valence-corrected chi connectivity index (χ4v) is 5.80. The van der Waals surface area contributed by atoms with E-state index in [0.717, 1.165) is 34.1 Å². The van der Waals surface area contributed by atoms with Gasteiger partial charge < -0.3 is 24.3 Å². The molecule has 2 unspecified atom stereocenters. The van der Waals surface area contributed by atoms with Gasteiger partial charge in [-0.1, -0.05) is 45.0 Å². The van der Waals surface area contributed by atoms with Gasteiger partial charge in [-0.3, -0.25) is 9.59 Å². The van der Waals surface area contributed by atoms with E-state index in [0.29, 0.717) is 31.2 Å². The van der Waals surface area contributed by atoms with Gasteiger partial charge in [-0.2, -0.15) is 0 Å². The van der Waals surface area contributed by atoms with E-state index in [4.69, 9.17) is 9.47 Å². The molecule has 2 aromatic carbocycles. The van der Waals surface area contributed by atoms with Crippen LogP contribution in [0.3, 0.4) is 0 Å². The average molecular weight is 490 g/mol. The number of carbonyl (C=O) groups is 2. The maximum absolute atomic E-state index is 14.0. The highest BCUT2D eigenvalue weighted by Gasteiger charge is 2.56. The van der Waals surface area contributed by atoms with Gasteiger partial charge in [0.2, 0.25) is 5.91 Å². The summed E-state index contributed by atoms with van der Waals surface area (Å²) in [5.41, 5.74) is 2.78. The highest BCUT2D eigenvalue weighted by atomic mass is 16.5. The van der Waals surface area contributed by atoms with Crippen molar-refractivity contribution in [3.05, 3.63) is 59.3 Å². The van der Waals surface area contributed by atoms with Crippen LogP contribution < -0.4 is 9.47 Å². The van der Waals surface area contributed by atoms with Crippen LogP contribution in [0.5, 0.6) is 11.5 Å². The third-order valence-electron chi connectivity index (χ3n) is 7.45. The van der Waals surface area contributed by atoms with Crippen molar-refractivity contribution in [3.63, 3.8) is 0 Å². The van der Waals surface area contributed by atoms with Gasteiger partial charge in [0.1, 0.15) is 0 Å². The summed E-state index contributed by atoms with van der Waals surface area (Å²) in [7, 11) is 1.64. The number of aromatic amines is 1. The quantitative estimate of drug-likeness (QED) is 0.524. The van der Waals surface area contributed by atoms with Crippen LogP contribution in [0, 0.1) is 5.92 Å². The standard InChI is InChI=1S/C29H35N3O4/c1-6-13-36-23-12-11-19(14-24(23)35-5)21-16-32-25(33)17-31(15-18(2)3)28(34)29(32,4)27-26(21)20-9-7-8-10-22(20)30-27/h7-12,14,18,21,30H,6,13,15-17H2,1-5H3. The molecule has 3 heterocycles. The molecule has 2 atom stereocenters. The Balaban J connectivity index is 1.67. The number of hydrogen-bond donors (Lipinski definition) is 1. The SMILES string of the molecule is CCCOc1ccc(C2CN3C(=O)CN(CC(C)C)C(=O)C3(C)c3[nH]c4ccccc4c32)cc1OC. The lowest BCUT2D eigenvalue weighted by Crippen LogP contribution is -2.67. The highest BCUT2D eigenvalue weighted by Crippen LogP contribution is 2.49. The number of aromatic nitrogens is 1. The number of H-pyrrole nitrogens is 1. The summed E-state index contributed by atoms with van der Waals surface area (Å²) in [6, 6.07) is 14.1. The van der Waals surface area contributed by atoms with Crippen molar-refractivity contribution < 1.29 is 19.1 Å². The van der Waals surface area contributed by atoms with Crippen LogP contribution in [0.4, 0.5) is 0 Å². The molecule has 2 aliphatic heterocycles. The van der Waals surface area contributed by atoms with E-state index < -0.39 is 5.54 Å². The van der Waals surface area contributed by atoms with Gasteiger partial charge in [0.05, 0.1) is 26.0 Å². The minimum Gasteiger partial charge on any atom is -0.493 e. The van der Waals surface area contributed by atoms with Crippen LogP contribution in [0.25, 0.3) is 10.9 Å². The van der Waals surface area contributed by atoms with Crippen LogP contribution >= 0.6 is 0 Å². The Kier molecular flexibility index (Phi) is 6.18. The molecule has 190 valence electrons. The Morgan fingerprint density at radius 3 is 2.64 bits per heavy atom. The molecule has 1 aromatic heterocycles. The molecule has 3 aromatic rings. The molecule has 7 nitrogen and oxygen atoms in total. The Bertz CT molecular complexity index is 1310. The molecule has 5 rings (SSSR count). The molecule has 0 bridgehead atoms. The van der Waals surface area contributed by atoms with Gasteiger partial charge in [0.15, 0.2) is 17.0 Å². The lowest BCUT2D eigenvalue weighted by molar-refractivity contribution is -0.166. The molecule has 0 aliphatic carbocycles. The number of benzene rings is 2. The Morgan fingerprint density at radius 2 is 1.92 bits per heavy atom. The second kappa shape index (κ2) is 9.19. The van der Waals surface area contributed by atoms with Crippen molar-refractivity contribution in [1.82, 2.24) is 14.8 Å². The van der Waals surface area contributed by atoms with Gasteiger partial charge in [-0.05, 0) is 48.6 Å². The van der Waals surface area contributed by atoms with E-state index >= 15 is 0 Å². The molecular formula is C29H35N3O4. The molecule has 36 heavy (non-hydrogen) atoms. The van der Waals surface area contributed by atoms with Crippen molar-refractivity contribution >= 4 is 22.7 Å². The minimum atomic E-state index is -1.08. The maximum atomic E-state index is 14.0. The number of piperazine rings is 1. The van der Waals surface area contributed by atoms with Crippen molar-refractivity contribution in [3.8, 4) is 11.5 Å². The third kappa shape index (κ3) is 3.72. The first kappa shape index (κ1) is 24.2. The van der Waals surface area contributed by atoms with E-state index in [1.165, 1.54) is 0 Å². The summed E-state index contributed by atoms with van der Waals surface area (Å²) < 4.78 is 11.5. The predicted molar refractivity (Wildman–Crippen MR) is 139 cm³/mol. The second-order valence-electron chi connectivity index (χ2n) is 10.4. The first-order valence-corrected chi connectivity index (χ1v) is 12.8. The third-order valence-corrected chi connectivity index (χ3v) is 7.45. The number of rotatable bonds is 7. The highest BCUT2D eigenvalue weighted by molar-refractivity contribution is 6.01. The average Bonchev–Trinajstić information content (AvgIpc) is 3.26. The zero-order chi connectivity index (χ0) is 25.6. The van der Waals surface area contributed by atoms with Crippen molar-refractivity contribution in [1.29, 1.82) is 0 Å². The van der Waals surface area contributed by atoms with E-state index in [1.807, 2.05) is 43.3 Å². The summed E-state index contributed by atoms with van der Waals surface area (Å²) >= 11 is 0. The van der Waals surface area contributed by atoms with Gasteiger partial charge in [-0.15, -0.1) is 0 Å². The van der Waals surface area contributed by atoms with E-state index in [9.17, 15) is 9.59 Å². The number of nitrogens with zero attached hydrogens (tertiary/aromatic N) is 2. The number of para-hydroxylation sites is 1. The molecule has 2 amide bonds. The number of fused-ring (bicyclic) bond motifs is 5. The summed E-state index contributed by atoms with van der Waals surface area (Å²) in [4.78, 5) is 34.6. The minimum absolute atomic E-state index is 0.0250. The van der Waals surface area contributed by atoms with Crippen molar-refractivity contribution in [2.45, 2.75) is 45.6 Å². The van der Waals surface area contributed by atoms with Crippen molar-refractivity contribution in [2.24, 2.45) is 5.92 Å². The largest absolute Gasteiger partial charge is 0.493 e. The van der Waals surface area contributed by atoms with Crippen LogP contribution in [-0.2, 0) is 15.1 Å². The molecule has 1 fully saturated rings. The van der Waals surface area contributed by atoms with E-state index in [-0.39, 0.29) is 30.2 Å². The lowest BCUT2D eigenvalue weighted by atomic mass is 9.76. The summed E-state index contributed by atoms with van der Waals surface area (Å²) in [5.74, 6) is 1.48. The molecule has 1 saturated heterocycles. The molecule has 1 N–H and O–H groups in total. The van der Waals surface area contributed by atoms with Gasteiger partial charge in [0, 0.05) is 29.9 Å². The lowest BCUT2D eigenvalue weighted by Gasteiger charge is -2.51. The predicted octanol–water partition coefficient (Wildman–Crippen LogP) is 4.65. The molecular weight excluding hydrogens is 454 g/mol. The first-order valence-electron chi connectivity index (χ1n) is 12.8. The number of amides is 2. The van der Waals surface area contributed by atoms with Crippen molar-refractivity contribution in [2.75, 3.05) is 33.4 Å². The van der Waals surface area contributed by atoms with Gasteiger partial charge in [0.25, 0.3) is 5.91 Å². The number of nitrogens with one attached hydrogen (secondary N) is 1. The molecule has 0 spiro atoms. The summed E-state index contributed by atoms with van der Waals surface area (Å²) in [6.07, 6.45) is 0.906. The zero-order valence-corrected chi connectivity index (χ0v) is 21.8. The van der Waals surface area contributed by atoms with Crippen LogP contribution in [0.2, 0.25) is 0 Å². The summed E-state index contributed by atoms with van der Waals surface area (Å²) in [5, 5.41) is 1.07. The topological polar surface area (TPSA) is 74.9 Å². The Labute approximate surface area is 212 Å². The van der Waals surface area contributed by atoms with Crippen LogP contribution in [-0.4, -0.2) is 59.9 Å². The second-order valence-corrected chi connectivity index (χ2v) is 10.4. The van der Waals surface area contributed by atoms with Gasteiger partial charge in [-0.25, -0.2) is 0 Å². The number of carbonyl (C=O) groups excluding carboxylic acids is 2. The molecule has 0 saturated carbocycles. The monoisotopic (exact) mass is 489 g/mol. The summed E-state index contributed by atoms with van der Waals surface area (Å²) in [6.45, 7) is 9.80. The van der Waals surface area contributed by atoms with Crippen LogP contribution in [0.15, 0.2) is 42.5 Å². The number of hydrogen-bond acceptors (Lipinski definition) is 4. The molecule has 0 radical (unpaired) electrons. The zero-order valence-electron chi connectivity index (χ0n) is 21.8. The molecule has 7 heteroatoms. The normalized spacial score (nSPS) is 21.7. The smallest absolute Gasteiger partial charge is 0.254 e. The Hall–Kier alpha value is -3.48. The maximum Gasteiger partial charge on any atom is 0.254 e. The van der Waals surface area contributed by atoms with Crippen LogP contribution in [0.1, 0.15) is 56.9 Å².